The third-order valence-electron chi connectivity index (χ3n) is 7.59. The molecule has 1 N–H and O–H groups in total. The van der Waals surface area contributed by atoms with Crippen molar-refractivity contribution in [1.82, 2.24) is 0 Å². The quantitative estimate of drug-likeness (QED) is 0.0706. The molecule has 4 aromatic carbocycles. The van der Waals surface area contributed by atoms with Crippen molar-refractivity contribution in [2.45, 2.75) is 46.8 Å². The molecule has 47 heavy (non-hydrogen) atoms. The minimum atomic E-state index is -0.835. The normalized spacial score (nSPS) is 12.9. The largest absolute Gasteiger partial charge is 0.496 e. The first-order valence-electron chi connectivity index (χ1n) is 14.8. The number of nitro benzene ring substituents is 1. The van der Waals surface area contributed by atoms with Crippen molar-refractivity contribution in [3.05, 3.63) is 105 Å². The van der Waals surface area contributed by atoms with E-state index >= 15 is 0 Å². The van der Waals surface area contributed by atoms with Crippen LogP contribution < -0.4 is 24.4 Å². The number of hydrogen-bond acceptors (Lipinski definition) is 9. The fourth-order valence-corrected chi connectivity index (χ4v) is 5.33. The van der Waals surface area contributed by atoms with Crippen LogP contribution in [0.1, 0.15) is 47.8 Å². The number of nitrogens with one attached hydrogen (secondary N) is 1. The summed E-state index contributed by atoms with van der Waals surface area (Å²) in [4.78, 5) is 47.5. The van der Waals surface area contributed by atoms with Gasteiger partial charge in [0.1, 0.15) is 35.7 Å². The monoisotopic (exact) mass is 639 g/mol. The standard InChI is InChI=1S/C34H33N3O7.C2H4O/c1-20-8-7-9-22(16-20)32(38)44-24-12-13-26(30(18-24)42-6)25-14-15-28-31(36(5)33(39)34(3,4)35-28)27(25)19-43-29-17-23(37(40)41)11-10-21(29)2;1-2-3/h7-18,35H,19H2,1-6H3;2H,1H3. The number of ether oxygens (including phenoxy) is 3. The first-order chi connectivity index (χ1) is 22.3. The Morgan fingerprint density at radius 2 is 1.70 bits per heavy atom. The predicted octanol–water partition coefficient (Wildman–Crippen LogP) is 7.06. The lowest BCUT2D eigenvalue weighted by Crippen LogP contribution is -2.52. The first kappa shape index (κ1) is 34.2. The Hall–Kier alpha value is -5.71. The molecular formula is C36H37N3O8. The van der Waals surface area contributed by atoms with E-state index in [4.69, 9.17) is 19.0 Å². The van der Waals surface area contributed by atoms with Crippen molar-refractivity contribution in [3.8, 4) is 28.4 Å². The highest BCUT2D eigenvalue weighted by molar-refractivity contribution is 6.08. The maximum Gasteiger partial charge on any atom is 0.343 e. The Labute approximate surface area is 273 Å². The molecule has 0 bridgehead atoms. The lowest BCUT2D eigenvalue weighted by molar-refractivity contribution is -0.385. The maximum atomic E-state index is 13.3. The molecule has 0 aliphatic carbocycles. The summed E-state index contributed by atoms with van der Waals surface area (Å²) in [6, 6.07) is 20.5. The van der Waals surface area contributed by atoms with Crippen LogP contribution in [0.25, 0.3) is 11.1 Å². The van der Waals surface area contributed by atoms with Gasteiger partial charge in [-0.3, -0.25) is 14.9 Å². The topological polar surface area (TPSA) is 137 Å². The summed E-state index contributed by atoms with van der Waals surface area (Å²) in [7, 11) is 3.23. The van der Waals surface area contributed by atoms with E-state index in [2.05, 4.69) is 5.32 Å². The predicted molar refractivity (Wildman–Crippen MR) is 180 cm³/mol. The molecular weight excluding hydrogens is 602 g/mol. The number of anilines is 2. The van der Waals surface area contributed by atoms with Crippen molar-refractivity contribution in [3.63, 3.8) is 0 Å². The minimum Gasteiger partial charge on any atom is -0.496 e. The van der Waals surface area contributed by atoms with Gasteiger partial charge in [-0.1, -0.05) is 23.8 Å². The Morgan fingerprint density at radius 3 is 2.36 bits per heavy atom. The Morgan fingerprint density at radius 1 is 1.00 bits per heavy atom. The number of benzene rings is 4. The third-order valence-corrected chi connectivity index (χ3v) is 7.59. The smallest absolute Gasteiger partial charge is 0.343 e. The molecule has 0 aromatic heterocycles. The number of non-ortho nitro benzene ring substituents is 1. The van der Waals surface area contributed by atoms with Crippen LogP contribution in [-0.4, -0.2) is 42.8 Å². The van der Waals surface area contributed by atoms with Crippen LogP contribution in [0.2, 0.25) is 0 Å². The fourth-order valence-electron chi connectivity index (χ4n) is 5.33. The molecule has 0 radical (unpaired) electrons. The number of carbonyl (C=O) groups excluding carboxylic acids is 3. The van der Waals surface area contributed by atoms with E-state index in [9.17, 15) is 19.7 Å². The number of rotatable bonds is 8. The molecule has 0 spiro atoms. The Kier molecular flexibility index (Phi) is 10.3. The number of esters is 1. The van der Waals surface area contributed by atoms with Gasteiger partial charge in [0.15, 0.2) is 0 Å². The number of aldehydes is 1. The molecule has 5 rings (SSSR count). The molecule has 0 atom stereocenters. The average Bonchev–Trinajstić information content (AvgIpc) is 3.03. The summed E-state index contributed by atoms with van der Waals surface area (Å²) in [5.41, 5.74) is 4.57. The van der Waals surface area contributed by atoms with Gasteiger partial charge in [0.05, 0.1) is 35.0 Å². The fraction of sp³-hybridized carbons (Fsp3) is 0.250. The van der Waals surface area contributed by atoms with Crippen molar-refractivity contribution >= 4 is 35.2 Å². The zero-order chi connectivity index (χ0) is 34.5. The number of methoxy groups -OCH3 is 1. The molecule has 0 saturated heterocycles. The summed E-state index contributed by atoms with van der Waals surface area (Å²) in [6.07, 6.45) is 0.750. The summed E-state index contributed by atoms with van der Waals surface area (Å²) in [5.74, 6) is 0.459. The van der Waals surface area contributed by atoms with E-state index in [0.717, 1.165) is 23.1 Å². The van der Waals surface area contributed by atoms with E-state index in [0.29, 0.717) is 45.2 Å². The highest BCUT2D eigenvalue weighted by Gasteiger charge is 2.39. The minimum absolute atomic E-state index is 0.00646. The van der Waals surface area contributed by atoms with E-state index in [1.54, 1.807) is 61.3 Å². The number of hydrogen-bond donors (Lipinski definition) is 1. The van der Waals surface area contributed by atoms with Gasteiger partial charge in [-0.2, -0.15) is 0 Å². The number of likely N-dealkylation sites (N-methyl/N-ethyl adjacent to an activating group) is 1. The van der Waals surface area contributed by atoms with Crippen LogP contribution >= 0.6 is 0 Å². The number of fused-ring (bicyclic) bond motifs is 1. The van der Waals surface area contributed by atoms with Crippen LogP contribution in [0.15, 0.2) is 72.8 Å². The van der Waals surface area contributed by atoms with Crippen LogP contribution in [-0.2, 0) is 16.2 Å². The van der Waals surface area contributed by atoms with Crippen molar-refractivity contribution < 1.29 is 33.5 Å². The Bertz CT molecular complexity index is 1850. The second kappa shape index (κ2) is 14.2. The van der Waals surface area contributed by atoms with E-state index in [1.165, 1.54) is 26.2 Å². The van der Waals surface area contributed by atoms with Gasteiger partial charge < -0.3 is 29.2 Å². The number of amides is 1. The maximum absolute atomic E-state index is 13.3. The summed E-state index contributed by atoms with van der Waals surface area (Å²) in [6.45, 7) is 8.76. The molecule has 0 fully saturated rings. The summed E-state index contributed by atoms with van der Waals surface area (Å²) in [5, 5.41) is 14.7. The molecule has 4 aromatic rings. The van der Waals surface area contributed by atoms with Crippen LogP contribution in [0, 0.1) is 24.0 Å². The van der Waals surface area contributed by atoms with Crippen molar-refractivity contribution in [2.75, 3.05) is 24.4 Å². The van der Waals surface area contributed by atoms with Gasteiger partial charge in [0, 0.05) is 30.3 Å². The van der Waals surface area contributed by atoms with Crippen LogP contribution in [0.4, 0.5) is 17.1 Å². The van der Waals surface area contributed by atoms with Crippen LogP contribution in [0.3, 0.4) is 0 Å². The lowest BCUT2D eigenvalue weighted by Gasteiger charge is -2.39. The van der Waals surface area contributed by atoms with E-state index in [-0.39, 0.29) is 18.2 Å². The molecule has 0 unspecified atom stereocenters. The van der Waals surface area contributed by atoms with Gasteiger partial charge in [0.2, 0.25) is 0 Å². The van der Waals surface area contributed by atoms with Gasteiger partial charge in [-0.25, -0.2) is 4.79 Å². The second-order valence-corrected chi connectivity index (χ2v) is 11.5. The van der Waals surface area contributed by atoms with E-state index < -0.39 is 16.4 Å². The van der Waals surface area contributed by atoms with Crippen molar-refractivity contribution in [1.29, 1.82) is 0 Å². The number of carbonyl (C=O) groups is 3. The zero-order valence-electron chi connectivity index (χ0n) is 27.4. The van der Waals surface area contributed by atoms with Gasteiger partial charge in [-0.05, 0) is 82.1 Å². The second-order valence-electron chi connectivity index (χ2n) is 11.5. The summed E-state index contributed by atoms with van der Waals surface area (Å²) >= 11 is 0. The molecule has 244 valence electrons. The zero-order valence-corrected chi connectivity index (χ0v) is 27.4. The van der Waals surface area contributed by atoms with Gasteiger partial charge in [0.25, 0.3) is 11.6 Å². The highest BCUT2D eigenvalue weighted by atomic mass is 16.6. The first-order valence-corrected chi connectivity index (χ1v) is 14.8. The number of nitrogens with zero attached hydrogens (tertiary/aromatic N) is 2. The molecule has 1 heterocycles. The van der Waals surface area contributed by atoms with Crippen molar-refractivity contribution in [2.24, 2.45) is 0 Å². The number of nitro groups is 1. The molecule has 1 aliphatic heterocycles. The van der Waals surface area contributed by atoms with Gasteiger partial charge in [-0.15, -0.1) is 0 Å². The number of aryl methyl sites for hydroxylation is 2. The molecule has 11 nitrogen and oxygen atoms in total. The molecule has 0 saturated carbocycles. The van der Waals surface area contributed by atoms with Crippen LogP contribution in [0.5, 0.6) is 17.2 Å². The molecule has 1 amide bonds. The average molecular weight is 640 g/mol. The summed E-state index contributed by atoms with van der Waals surface area (Å²) < 4.78 is 17.6. The highest BCUT2D eigenvalue weighted by Crippen LogP contribution is 2.45. The third kappa shape index (κ3) is 7.41. The molecule has 1 aliphatic rings. The lowest BCUT2D eigenvalue weighted by atomic mass is 9.91. The molecule has 11 heteroatoms. The van der Waals surface area contributed by atoms with E-state index in [1.807, 2.05) is 39.0 Å². The Balaban J connectivity index is 0.00000160. The van der Waals surface area contributed by atoms with Gasteiger partial charge >= 0.3 is 5.97 Å². The SMILES string of the molecule is CC=O.COc1cc(OC(=O)c2cccc(C)c2)ccc1-c1ccc2c(c1COc1cc([N+](=O)[O-])ccc1C)N(C)C(=O)C(C)(C)N2.